The molecule has 1 atom stereocenters. The molecule has 1 aromatic rings. The third kappa shape index (κ3) is 5.16. The van der Waals surface area contributed by atoms with Crippen molar-refractivity contribution in [1.29, 1.82) is 0 Å². The summed E-state index contributed by atoms with van der Waals surface area (Å²) in [5.74, 6) is 0. The summed E-state index contributed by atoms with van der Waals surface area (Å²) < 4.78 is 61.1. The zero-order valence-electron chi connectivity index (χ0n) is 9.02. The molecular weight excluding hydrogens is 295 g/mol. The van der Waals surface area contributed by atoms with Crippen molar-refractivity contribution in [2.75, 3.05) is 11.3 Å². The van der Waals surface area contributed by atoms with Crippen LogP contribution in [-0.4, -0.2) is 31.2 Å². The molecule has 0 aliphatic heterocycles. The standard InChI is InChI=1S/C7H10F3N3O3S2/c1-4(14)5-2-17-6(12-5)13-18(15,16)11-3-7(8,9)10/h2,4,11,14H,3H2,1H3,(H,12,13). The van der Waals surface area contributed by atoms with Crippen LogP contribution in [0.5, 0.6) is 0 Å². The normalized spacial score (nSPS) is 14.5. The molecule has 0 amide bonds. The lowest BCUT2D eigenvalue weighted by Gasteiger charge is -2.09. The first kappa shape index (κ1) is 15.1. The molecule has 1 aromatic heterocycles. The van der Waals surface area contributed by atoms with E-state index in [0.717, 1.165) is 11.3 Å². The minimum Gasteiger partial charge on any atom is -0.387 e. The Morgan fingerprint density at radius 1 is 1.56 bits per heavy atom. The summed E-state index contributed by atoms with van der Waals surface area (Å²) in [5.41, 5.74) is 0.230. The lowest BCUT2D eigenvalue weighted by Crippen LogP contribution is -2.37. The number of rotatable bonds is 5. The number of halogens is 3. The van der Waals surface area contributed by atoms with Gasteiger partial charge in [-0.25, -0.2) is 9.71 Å². The topological polar surface area (TPSA) is 91.3 Å². The molecule has 1 unspecified atom stereocenters. The molecule has 0 fully saturated rings. The second kappa shape index (κ2) is 5.38. The van der Waals surface area contributed by atoms with Crippen molar-refractivity contribution >= 4 is 26.7 Å². The minimum absolute atomic E-state index is 0.124. The van der Waals surface area contributed by atoms with Gasteiger partial charge in [-0.05, 0) is 6.92 Å². The Hall–Kier alpha value is -0.910. The fraction of sp³-hybridized carbons (Fsp3) is 0.571. The summed E-state index contributed by atoms with van der Waals surface area (Å²) in [6, 6.07) is 0. The van der Waals surface area contributed by atoms with Crippen LogP contribution >= 0.6 is 11.3 Å². The molecule has 0 saturated heterocycles. The van der Waals surface area contributed by atoms with Crippen molar-refractivity contribution in [3.05, 3.63) is 11.1 Å². The first-order valence-electron chi connectivity index (χ1n) is 4.57. The predicted molar refractivity (Wildman–Crippen MR) is 59.3 cm³/mol. The van der Waals surface area contributed by atoms with E-state index in [1.807, 2.05) is 4.72 Å². The number of hydrogen-bond acceptors (Lipinski definition) is 5. The van der Waals surface area contributed by atoms with Crippen LogP contribution in [0, 0.1) is 0 Å². The van der Waals surface area contributed by atoms with Crippen LogP contribution in [0.4, 0.5) is 18.3 Å². The minimum atomic E-state index is -4.64. The van der Waals surface area contributed by atoms with Crippen molar-refractivity contribution in [2.45, 2.75) is 19.2 Å². The van der Waals surface area contributed by atoms with Crippen molar-refractivity contribution in [1.82, 2.24) is 9.71 Å². The highest BCUT2D eigenvalue weighted by atomic mass is 32.2. The van der Waals surface area contributed by atoms with E-state index in [2.05, 4.69) is 4.98 Å². The summed E-state index contributed by atoms with van der Waals surface area (Å²) in [6.07, 6.45) is -5.52. The fourth-order valence-electron chi connectivity index (χ4n) is 0.853. The lowest BCUT2D eigenvalue weighted by molar-refractivity contribution is -0.121. The molecule has 1 heterocycles. The zero-order chi connectivity index (χ0) is 14.0. The van der Waals surface area contributed by atoms with Crippen LogP contribution in [0.1, 0.15) is 18.7 Å². The summed E-state index contributed by atoms with van der Waals surface area (Å²) in [6.45, 7) is -0.244. The Morgan fingerprint density at radius 3 is 2.61 bits per heavy atom. The van der Waals surface area contributed by atoms with Gasteiger partial charge < -0.3 is 5.11 Å². The van der Waals surface area contributed by atoms with Gasteiger partial charge in [0.05, 0.1) is 11.8 Å². The average molecular weight is 305 g/mol. The Bertz CT molecular complexity index is 498. The van der Waals surface area contributed by atoms with Gasteiger partial charge in [-0.1, -0.05) is 0 Å². The van der Waals surface area contributed by atoms with Gasteiger partial charge in [0.1, 0.15) is 6.54 Å². The van der Waals surface area contributed by atoms with E-state index in [4.69, 9.17) is 5.11 Å². The molecule has 18 heavy (non-hydrogen) atoms. The molecular formula is C7H10F3N3O3S2. The Labute approximate surface area is 105 Å². The van der Waals surface area contributed by atoms with Crippen LogP contribution in [0.3, 0.4) is 0 Å². The molecule has 3 N–H and O–H groups in total. The highest BCUT2D eigenvalue weighted by molar-refractivity contribution is 7.91. The highest BCUT2D eigenvalue weighted by Crippen LogP contribution is 2.21. The number of nitrogens with one attached hydrogen (secondary N) is 2. The second-order valence-electron chi connectivity index (χ2n) is 3.30. The number of hydrogen-bond donors (Lipinski definition) is 3. The van der Waals surface area contributed by atoms with Crippen LogP contribution in [0.15, 0.2) is 5.38 Å². The summed E-state index contributed by atoms with van der Waals surface area (Å²) >= 11 is 0.855. The molecule has 11 heteroatoms. The zero-order valence-corrected chi connectivity index (χ0v) is 10.7. The van der Waals surface area contributed by atoms with Gasteiger partial charge in [-0.3, -0.25) is 0 Å². The molecule has 6 nitrogen and oxygen atoms in total. The number of aliphatic hydroxyl groups is 1. The molecule has 1 rings (SSSR count). The van der Waals surface area contributed by atoms with E-state index in [9.17, 15) is 21.6 Å². The summed E-state index contributed by atoms with van der Waals surface area (Å²) in [4.78, 5) is 3.70. The number of alkyl halides is 3. The molecule has 0 aliphatic rings. The summed E-state index contributed by atoms with van der Waals surface area (Å²) in [5, 5.41) is 10.4. The van der Waals surface area contributed by atoms with E-state index in [1.165, 1.54) is 17.0 Å². The maximum absolute atomic E-state index is 11.8. The predicted octanol–water partition coefficient (Wildman–Crippen LogP) is 1.01. The van der Waals surface area contributed by atoms with Gasteiger partial charge in [0, 0.05) is 5.38 Å². The maximum Gasteiger partial charge on any atom is 0.402 e. The Kier molecular flexibility index (Phi) is 4.53. The molecule has 104 valence electrons. The lowest BCUT2D eigenvalue weighted by atomic mass is 10.3. The van der Waals surface area contributed by atoms with Crippen molar-refractivity contribution in [3.63, 3.8) is 0 Å². The summed E-state index contributed by atoms with van der Waals surface area (Å²) in [7, 11) is -4.33. The number of anilines is 1. The Morgan fingerprint density at radius 2 is 2.17 bits per heavy atom. The molecule has 0 saturated carbocycles. The van der Waals surface area contributed by atoms with E-state index < -0.39 is 29.0 Å². The number of aromatic nitrogens is 1. The van der Waals surface area contributed by atoms with Gasteiger partial charge in [-0.15, -0.1) is 11.3 Å². The smallest absolute Gasteiger partial charge is 0.387 e. The van der Waals surface area contributed by atoms with Crippen LogP contribution in [-0.2, 0) is 10.2 Å². The third-order valence-electron chi connectivity index (χ3n) is 1.63. The van der Waals surface area contributed by atoms with Crippen molar-refractivity contribution in [3.8, 4) is 0 Å². The van der Waals surface area contributed by atoms with Gasteiger partial charge >= 0.3 is 16.4 Å². The molecule has 0 aliphatic carbocycles. The quantitative estimate of drug-likeness (QED) is 0.757. The average Bonchev–Trinajstić information content (AvgIpc) is 2.62. The van der Waals surface area contributed by atoms with Gasteiger partial charge in [0.25, 0.3) is 0 Å². The van der Waals surface area contributed by atoms with Gasteiger partial charge in [-0.2, -0.15) is 26.3 Å². The van der Waals surface area contributed by atoms with Gasteiger partial charge in [0.15, 0.2) is 5.13 Å². The SMILES string of the molecule is CC(O)c1csc(NS(=O)(=O)NCC(F)(F)F)n1. The van der Waals surface area contributed by atoms with E-state index in [0.29, 0.717) is 0 Å². The molecule has 0 radical (unpaired) electrons. The molecule has 0 bridgehead atoms. The van der Waals surface area contributed by atoms with Crippen LogP contribution in [0.2, 0.25) is 0 Å². The highest BCUT2D eigenvalue weighted by Gasteiger charge is 2.29. The second-order valence-corrected chi connectivity index (χ2v) is 5.65. The number of aliphatic hydroxyl groups excluding tert-OH is 1. The van der Waals surface area contributed by atoms with Crippen LogP contribution < -0.4 is 9.44 Å². The maximum atomic E-state index is 11.8. The monoisotopic (exact) mass is 305 g/mol. The first-order chi connectivity index (χ1) is 8.09. The van der Waals surface area contributed by atoms with Gasteiger partial charge in [0.2, 0.25) is 0 Å². The number of nitrogens with zero attached hydrogens (tertiary/aromatic N) is 1. The largest absolute Gasteiger partial charge is 0.402 e. The molecule has 0 aromatic carbocycles. The van der Waals surface area contributed by atoms with Crippen molar-refractivity contribution < 1.29 is 26.7 Å². The molecule has 0 spiro atoms. The third-order valence-corrected chi connectivity index (χ3v) is 3.53. The Balaban J connectivity index is 2.65. The van der Waals surface area contributed by atoms with E-state index in [-0.39, 0.29) is 10.8 Å². The number of thiazole rings is 1. The fourth-order valence-corrected chi connectivity index (χ4v) is 2.72. The van der Waals surface area contributed by atoms with E-state index >= 15 is 0 Å². The van der Waals surface area contributed by atoms with E-state index in [1.54, 1.807) is 0 Å². The van der Waals surface area contributed by atoms with Crippen LogP contribution in [0.25, 0.3) is 0 Å². The first-order valence-corrected chi connectivity index (χ1v) is 6.93. The van der Waals surface area contributed by atoms with Crippen molar-refractivity contribution in [2.24, 2.45) is 0 Å².